The van der Waals surface area contributed by atoms with Crippen LogP contribution >= 0.6 is 0 Å². The van der Waals surface area contributed by atoms with E-state index in [0.29, 0.717) is 6.04 Å². The summed E-state index contributed by atoms with van der Waals surface area (Å²) in [5, 5.41) is 3.51. The molecule has 0 bridgehead atoms. The third-order valence-electron chi connectivity index (χ3n) is 2.70. The Labute approximate surface area is 92.8 Å². The van der Waals surface area contributed by atoms with Gasteiger partial charge >= 0.3 is 0 Å². The van der Waals surface area contributed by atoms with Crippen LogP contribution < -0.4 is 5.32 Å². The number of hydrogen-bond acceptors (Lipinski definition) is 3. The molecule has 1 heterocycles. The molecule has 0 radical (unpaired) electrons. The van der Waals surface area contributed by atoms with Crippen LogP contribution in [0, 0.1) is 0 Å². The van der Waals surface area contributed by atoms with Crippen molar-refractivity contribution in [3.63, 3.8) is 0 Å². The lowest BCUT2D eigenvalue weighted by molar-refractivity contribution is 0.187. The molecule has 3 heteroatoms. The van der Waals surface area contributed by atoms with Gasteiger partial charge in [0, 0.05) is 19.8 Å². The molecule has 0 aliphatic carbocycles. The summed E-state index contributed by atoms with van der Waals surface area (Å²) in [6, 6.07) is 0.477. The molecule has 15 heavy (non-hydrogen) atoms. The minimum atomic E-state index is 0.477. The molecule has 1 N–H and O–H groups in total. The molecule has 1 rings (SSSR count). The summed E-state index contributed by atoms with van der Waals surface area (Å²) in [5.74, 6) is 0. The van der Waals surface area contributed by atoms with Crippen molar-refractivity contribution in [2.24, 2.45) is 0 Å². The Morgan fingerprint density at radius 2 is 2.47 bits per heavy atom. The van der Waals surface area contributed by atoms with Crippen LogP contribution in [-0.2, 0) is 9.47 Å². The van der Waals surface area contributed by atoms with E-state index in [-0.39, 0.29) is 0 Å². The Bertz CT molecular complexity index is 192. The van der Waals surface area contributed by atoms with E-state index in [1.165, 1.54) is 12.0 Å². The van der Waals surface area contributed by atoms with Crippen molar-refractivity contribution in [1.29, 1.82) is 0 Å². The fourth-order valence-corrected chi connectivity index (χ4v) is 1.94. The first-order valence-electron chi connectivity index (χ1n) is 5.91. The van der Waals surface area contributed by atoms with E-state index in [1.807, 2.05) is 6.26 Å². The summed E-state index contributed by atoms with van der Waals surface area (Å²) in [7, 11) is 1.76. The average Bonchev–Trinajstić information content (AvgIpc) is 2.29. The lowest BCUT2D eigenvalue weighted by Gasteiger charge is -2.23. The van der Waals surface area contributed by atoms with Gasteiger partial charge in [0.05, 0.1) is 12.9 Å². The van der Waals surface area contributed by atoms with Crippen LogP contribution in [0.1, 0.15) is 32.6 Å². The third-order valence-corrected chi connectivity index (χ3v) is 2.70. The molecule has 0 aromatic heterocycles. The lowest BCUT2D eigenvalue weighted by atomic mass is 9.98. The Morgan fingerprint density at radius 3 is 3.07 bits per heavy atom. The van der Waals surface area contributed by atoms with Gasteiger partial charge in [-0.3, -0.25) is 0 Å². The zero-order valence-corrected chi connectivity index (χ0v) is 9.92. The molecule has 1 aliphatic heterocycles. The lowest BCUT2D eigenvalue weighted by Crippen LogP contribution is -2.32. The summed E-state index contributed by atoms with van der Waals surface area (Å²) in [5.41, 5.74) is 1.42. The van der Waals surface area contributed by atoms with Crippen LogP contribution in [0.5, 0.6) is 0 Å². The monoisotopic (exact) mass is 213 g/mol. The Balaban J connectivity index is 2.37. The minimum Gasteiger partial charge on any atom is -0.501 e. The Morgan fingerprint density at radius 1 is 1.60 bits per heavy atom. The predicted octanol–water partition coefficient (Wildman–Crippen LogP) is 2.09. The summed E-state index contributed by atoms with van der Waals surface area (Å²) in [6.45, 7) is 4.87. The first-order valence-corrected chi connectivity index (χ1v) is 5.91. The summed E-state index contributed by atoms with van der Waals surface area (Å²) in [4.78, 5) is 0. The molecule has 0 spiro atoms. The van der Waals surface area contributed by atoms with Crippen LogP contribution in [-0.4, -0.2) is 32.9 Å². The van der Waals surface area contributed by atoms with Gasteiger partial charge in [0.25, 0.3) is 0 Å². The van der Waals surface area contributed by atoms with Crippen molar-refractivity contribution in [3.05, 3.63) is 11.8 Å². The topological polar surface area (TPSA) is 30.5 Å². The van der Waals surface area contributed by atoms with E-state index in [0.717, 1.165) is 39.0 Å². The van der Waals surface area contributed by atoms with E-state index in [9.17, 15) is 0 Å². The average molecular weight is 213 g/mol. The highest BCUT2D eigenvalue weighted by Gasteiger charge is 2.15. The molecule has 0 aromatic rings. The van der Waals surface area contributed by atoms with Crippen molar-refractivity contribution in [3.8, 4) is 0 Å². The molecule has 1 unspecified atom stereocenters. The highest BCUT2D eigenvalue weighted by Crippen LogP contribution is 2.18. The number of rotatable bonds is 7. The maximum atomic E-state index is 5.38. The largest absolute Gasteiger partial charge is 0.501 e. The van der Waals surface area contributed by atoms with E-state index in [1.54, 1.807) is 7.11 Å². The van der Waals surface area contributed by atoms with Gasteiger partial charge in [0.15, 0.2) is 0 Å². The normalized spacial score (nSPS) is 18.1. The van der Waals surface area contributed by atoms with Gasteiger partial charge in [0.1, 0.15) is 0 Å². The van der Waals surface area contributed by atoms with Gasteiger partial charge < -0.3 is 14.8 Å². The molecule has 0 aromatic carbocycles. The van der Waals surface area contributed by atoms with E-state index >= 15 is 0 Å². The fraction of sp³-hybridized carbons (Fsp3) is 0.833. The fourth-order valence-electron chi connectivity index (χ4n) is 1.94. The maximum absolute atomic E-state index is 5.38. The smallest absolute Gasteiger partial charge is 0.0876 e. The standard InChI is InChI=1S/C12H23NO2/c1-3-13-12(7-5-8-14-2)11-6-4-9-15-10-11/h10,12-13H,3-9H2,1-2H3. The second-order valence-corrected chi connectivity index (χ2v) is 3.91. The van der Waals surface area contributed by atoms with Crippen molar-refractivity contribution >= 4 is 0 Å². The Hall–Kier alpha value is -0.540. The highest BCUT2D eigenvalue weighted by atomic mass is 16.5. The first-order chi connectivity index (χ1) is 7.38. The molecule has 0 fully saturated rings. The van der Waals surface area contributed by atoms with Gasteiger partial charge in [-0.15, -0.1) is 0 Å². The predicted molar refractivity (Wildman–Crippen MR) is 61.8 cm³/mol. The quantitative estimate of drug-likeness (QED) is 0.657. The summed E-state index contributed by atoms with van der Waals surface area (Å²) < 4.78 is 10.5. The van der Waals surface area contributed by atoms with Crippen molar-refractivity contribution < 1.29 is 9.47 Å². The Kier molecular flexibility index (Phi) is 6.44. The zero-order valence-electron chi connectivity index (χ0n) is 9.92. The van der Waals surface area contributed by atoms with Crippen LogP contribution in [0.15, 0.2) is 11.8 Å². The molecule has 1 atom stereocenters. The second-order valence-electron chi connectivity index (χ2n) is 3.91. The molecule has 0 saturated heterocycles. The molecule has 0 amide bonds. The van der Waals surface area contributed by atoms with Gasteiger partial charge in [-0.1, -0.05) is 6.92 Å². The van der Waals surface area contributed by atoms with Gasteiger partial charge in [0.2, 0.25) is 0 Å². The summed E-state index contributed by atoms with van der Waals surface area (Å²) >= 11 is 0. The SMILES string of the molecule is CCNC(CCCOC)C1=COCCC1. The van der Waals surface area contributed by atoms with Gasteiger partial charge in [-0.25, -0.2) is 0 Å². The van der Waals surface area contributed by atoms with Crippen LogP contribution in [0.3, 0.4) is 0 Å². The van der Waals surface area contributed by atoms with E-state index in [4.69, 9.17) is 9.47 Å². The van der Waals surface area contributed by atoms with E-state index in [2.05, 4.69) is 12.2 Å². The number of likely N-dealkylation sites (N-methyl/N-ethyl adjacent to an activating group) is 1. The van der Waals surface area contributed by atoms with Crippen molar-refractivity contribution in [1.82, 2.24) is 5.32 Å². The van der Waals surface area contributed by atoms with Gasteiger partial charge in [-0.2, -0.15) is 0 Å². The van der Waals surface area contributed by atoms with Crippen molar-refractivity contribution in [2.75, 3.05) is 26.9 Å². The minimum absolute atomic E-state index is 0.477. The summed E-state index contributed by atoms with van der Waals surface area (Å²) in [6.07, 6.45) is 6.51. The second kappa shape index (κ2) is 7.71. The number of methoxy groups -OCH3 is 1. The van der Waals surface area contributed by atoms with Crippen LogP contribution in [0.2, 0.25) is 0 Å². The molecule has 3 nitrogen and oxygen atoms in total. The maximum Gasteiger partial charge on any atom is 0.0876 e. The van der Waals surface area contributed by atoms with Crippen LogP contribution in [0.25, 0.3) is 0 Å². The number of ether oxygens (including phenoxy) is 2. The highest BCUT2D eigenvalue weighted by molar-refractivity contribution is 5.09. The first kappa shape index (κ1) is 12.5. The molecular weight excluding hydrogens is 190 g/mol. The van der Waals surface area contributed by atoms with Crippen LogP contribution in [0.4, 0.5) is 0 Å². The molecule has 0 saturated carbocycles. The molecular formula is C12H23NO2. The number of nitrogens with one attached hydrogen (secondary N) is 1. The zero-order chi connectivity index (χ0) is 10.9. The third kappa shape index (κ3) is 4.67. The van der Waals surface area contributed by atoms with Crippen molar-refractivity contribution in [2.45, 2.75) is 38.6 Å². The van der Waals surface area contributed by atoms with Gasteiger partial charge in [-0.05, 0) is 37.8 Å². The number of hydrogen-bond donors (Lipinski definition) is 1. The molecule has 88 valence electrons. The molecule has 1 aliphatic rings. The van der Waals surface area contributed by atoms with E-state index < -0.39 is 0 Å².